The Bertz CT molecular complexity index is 237. The standard InChI is InChI=1S/C8H7BrCl2/c9-7(5-10)6-3-1-2-4-8(6)11/h1-4,7H,5H2. The first-order valence-corrected chi connectivity index (χ1v) is 5.03. The second-order valence-electron chi connectivity index (χ2n) is 2.14. The van der Waals surface area contributed by atoms with Crippen molar-refractivity contribution in [3.63, 3.8) is 0 Å². The summed E-state index contributed by atoms with van der Waals surface area (Å²) in [6.45, 7) is 0. The Morgan fingerprint density at radius 3 is 2.55 bits per heavy atom. The number of alkyl halides is 2. The predicted molar refractivity (Wildman–Crippen MR) is 53.8 cm³/mol. The molecule has 0 fully saturated rings. The minimum Gasteiger partial charge on any atom is -0.125 e. The second kappa shape index (κ2) is 4.34. The van der Waals surface area contributed by atoms with Gasteiger partial charge >= 0.3 is 0 Å². The Hall–Kier alpha value is 0.280. The number of benzene rings is 1. The molecule has 11 heavy (non-hydrogen) atoms. The maximum absolute atomic E-state index is 5.91. The Labute approximate surface area is 84.6 Å². The van der Waals surface area contributed by atoms with Crippen LogP contribution in [0.2, 0.25) is 5.02 Å². The van der Waals surface area contributed by atoms with Crippen molar-refractivity contribution in [2.24, 2.45) is 0 Å². The first-order chi connectivity index (χ1) is 5.25. The minimum absolute atomic E-state index is 0.151. The lowest BCUT2D eigenvalue weighted by Gasteiger charge is -2.06. The lowest BCUT2D eigenvalue weighted by molar-refractivity contribution is 1.13. The molecule has 0 heterocycles. The zero-order chi connectivity index (χ0) is 8.27. The molecule has 60 valence electrons. The van der Waals surface area contributed by atoms with E-state index < -0.39 is 0 Å². The third-order valence-electron chi connectivity index (χ3n) is 1.38. The van der Waals surface area contributed by atoms with Gasteiger partial charge in [0.1, 0.15) is 0 Å². The highest BCUT2D eigenvalue weighted by atomic mass is 79.9. The van der Waals surface area contributed by atoms with E-state index in [1.807, 2.05) is 24.3 Å². The van der Waals surface area contributed by atoms with Gasteiger partial charge in [0.2, 0.25) is 0 Å². The van der Waals surface area contributed by atoms with Crippen molar-refractivity contribution in [2.45, 2.75) is 4.83 Å². The molecule has 0 aliphatic rings. The minimum atomic E-state index is 0.151. The normalized spacial score (nSPS) is 13.0. The monoisotopic (exact) mass is 252 g/mol. The average molecular weight is 254 g/mol. The average Bonchev–Trinajstić information content (AvgIpc) is 2.04. The van der Waals surface area contributed by atoms with Crippen LogP contribution < -0.4 is 0 Å². The molecule has 1 atom stereocenters. The first-order valence-electron chi connectivity index (χ1n) is 3.20. The molecular weight excluding hydrogens is 247 g/mol. The molecule has 0 bridgehead atoms. The van der Waals surface area contributed by atoms with E-state index in [1.165, 1.54) is 0 Å². The highest BCUT2D eigenvalue weighted by Gasteiger charge is 2.08. The van der Waals surface area contributed by atoms with Gasteiger partial charge in [-0.3, -0.25) is 0 Å². The molecule has 0 saturated heterocycles. The summed E-state index contributed by atoms with van der Waals surface area (Å²) < 4.78 is 0. The van der Waals surface area contributed by atoms with Crippen molar-refractivity contribution >= 4 is 39.1 Å². The van der Waals surface area contributed by atoms with Crippen molar-refractivity contribution in [3.8, 4) is 0 Å². The molecule has 0 aliphatic carbocycles. The Morgan fingerprint density at radius 2 is 2.00 bits per heavy atom. The van der Waals surface area contributed by atoms with Crippen LogP contribution in [0.4, 0.5) is 0 Å². The molecule has 1 rings (SSSR count). The molecule has 0 radical (unpaired) electrons. The van der Waals surface area contributed by atoms with Gasteiger partial charge in [-0.15, -0.1) is 11.6 Å². The fraction of sp³-hybridized carbons (Fsp3) is 0.250. The van der Waals surface area contributed by atoms with Crippen molar-refractivity contribution in [2.75, 3.05) is 5.88 Å². The summed E-state index contributed by atoms with van der Waals surface area (Å²) in [6.07, 6.45) is 0. The number of rotatable bonds is 2. The summed E-state index contributed by atoms with van der Waals surface area (Å²) >= 11 is 15.0. The van der Waals surface area contributed by atoms with Crippen LogP contribution in [-0.2, 0) is 0 Å². The first kappa shape index (κ1) is 9.37. The predicted octanol–water partition coefficient (Wildman–Crippen LogP) is 4.01. The highest BCUT2D eigenvalue weighted by molar-refractivity contribution is 9.09. The van der Waals surface area contributed by atoms with Gasteiger partial charge in [0.25, 0.3) is 0 Å². The maximum atomic E-state index is 5.91. The van der Waals surface area contributed by atoms with Gasteiger partial charge in [0.05, 0.1) is 4.83 Å². The van der Waals surface area contributed by atoms with Crippen LogP contribution in [0.25, 0.3) is 0 Å². The van der Waals surface area contributed by atoms with Crippen molar-refractivity contribution in [3.05, 3.63) is 34.9 Å². The highest BCUT2D eigenvalue weighted by Crippen LogP contribution is 2.29. The molecule has 3 heteroatoms. The van der Waals surface area contributed by atoms with Gasteiger partial charge in [-0.05, 0) is 11.6 Å². The molecule has 0 N–H and O–H groups in total. The maximum Gasteiger partial charge on any atom is 0.0545 e. The molecule has 1 aromatic rings. The molecule has 1 aromatic carbocycles. The molecule has 0 nitrogen and oxygen atoms in total. The fourth-order valence-electron chi connectivity index (χ4n) is 0.812. The van der Waals surface area contributed by atoms with Crippen molar-refractivity contribution in [1.29, 1.82) is 0 Å². The molecule has 0 saturated carbocycles. The van der Waals surface area contributed by atoms with Crippen molar-refractivity contribution < 1.29 is 0 Å². The van der Waals surface area contributed by atoms with Gasteiger partial charge in [-0.1, -0.05) is 45.7 Å². The number of hydrogen-bond donors (Lipinski definition) is 0. The van der Waals surface area contributed by atoms with E-state index in [-0.39, 0.29) is 4.83 Å². The van der Waals surface area contributed by atoms with Gasteiger partial charge in [0.15, 0.2) is 0 Å². The van der Waals surface area contributed by atoms with E-state index in [2.05, 4.69) is 15.9 Å². The van der Waals surface area contributed by atoms with E-state index in [9.17, 15) is 0 Å². The van der Waals surface area contributed by atoms with E-state index >= 15 is 0 Å². The summed E-state index contributed by atoms with van der Waals surface area (Å²) in [4.78, 5) is 0.151. The molecule has 0 aliphatic heterocycles. The summed E-state index contributed by atoms with van der Waals surface area (Å²) in [5.41, 5.74) is 1.05. The second-order valence-corrected chi connectivity index (χ2v) is 3.96. The summed E-state index contributed by atoms with van der Waals surface area (Å²) in [5, 5.41) is 0.759. The van der Waals surface area contributed by atoms with Gasteiger partial charge in [-0.2, -0.15) is 0 Å². The van der Waals surface area contributed by atoms with Crippen LogP contribution in [0.5, 0.6) is 0 Å². The molecular formula is C8H7BrCl2. The van der Waals surface area contributed by atoms with E-state index in [1.54, 1.807) is 0 Å². The third-order valence-corrected chi connectivity index (χ3v) is 3.22. The van der Waals surface area contributed by atoms with Crippen LogP contribution in [0.3, 0.4) is 0 Å². The van der Waals surface area contributed by atoms with Crippen LogP contribution in [-0.4, -0.2) is 5.88 Å². The Kier molecular flexibility index (Phi) is 3.70. The van der Waals surface area contributed by atoms with Crippen LogP contribution >= 0.6 is 39.1 Å². The fourth-order valence-corrected chi connectivity index (χ4v) is 1.78. The van der Waals surface area contributed by atoms with Gasteiger partial charge < -0.3 is 0 Å². The SMILES string of the molecule is ClCC(Br)c1ccccc1Cl. The smallest absolute Gasteiger partial charge is 0.0545 e. The number of halogens is 3. The van der Waals surface area contributed by atoms with Crippen LogP contribution in [0.15, 0.2) is 24.3 Å². The topological polar surface area (TPSA) is 0 Å². The van der Waals surface area contributed by atoms with Crippen LogP contribution in [0.1, 0.15) is 10.4 Å². The van der Waals surface area contributed by atoms with Gasteiger partial charge in [-0.25, -0.2) is 0 Å². The third kappa shape index (κ3) is 2.36. The van der Waals surface area contributed by atoms with E-state index in [4.69, 9.17) is 23.2 Å². The Morgan fingerprint density at radius 1 is 1.36 bits per heavy atom. The van der Waals surface area contributed by atoms with Crippen molar-refractivity contribution in [1.82, 2.24) is 0 Å². The molecule has 0 spiro atoms. The van der Waals surface area contributed by atoms with Gasteiger partial charge in [0, 0.05) is 10.9 Å². The molecule has 1 unspecified atom stereocenters. The zero-order valence-corrected chi connectivity index (χ0v) is 8.83. The lowest BCUT2D eigenvalue weighted by Crippen LogP contribution is -1.90. The van der Waals surface area contributed by atoms with E-state index in [0.29, 0.717) is 5.88 Å². The summed E-state index contributed by atoms with van der Waals surface area (Å²) in [7, 11) is 0. The number of hydrogen-bond acceptors (Lipinski definition) is 0. The lowest BCUT2D eigenvalue weighted by atomic mass is 10.2. The molecule has 0 amide bonds. The quantitative estimate of drug-likeness (QED) is 0.699. The summed E-state index contributed by atoms with van der Waals surface area (Å²) in [6, 6.07) is 7.67. The molecule has 0 aromatic heterocycles. The largest absolute Gasteiger partial charge is 0.125 e. The summed E-state index contributed by atoms with van der Waals surface area (Å²) in [5.74, 6) is 0.531. The van der Waals surface area contributed by atoms with E-state index in [0.717, 1.165) is 10.6 Å². The zero-order valence-electron chi connectivity index (χ0n) is 5.73. The van der Waals surface area contributed by atoms with Crippen LogP contribution in [0, 0.1) is 0 Å². The Balaban J connectivity index is 2.93.